The lowest BCUT2D eigenvalue weighted by atomic mass is 9.93. The number of aromatic nitrogens is 1. The van der Waals surface area contributed by atoms with E-state index in [1.165, 1.54) is 5.56 Å². The van der Waals surface area contributed by atoms with Crippen molar-refractivity contribution in [2.45, 2.75) is 82.5 Å². The van der Waals surface area contributed by atoms with Gasteiger partial charge in [0.25, 0.3) is 0 Å². The normalized spacial score (nSPS) is 23.0. The molecule has 46 heavy (non-hydrogen) atoms. The van der Waals surface area contributed by atoms with E-state index in [0.29, 0.717) is 13.0 Å². The van der Waals surface area contributed by atoms with Crippen LogP contribution in [0.4, 0.5) is 5.69 Å². The van der Waals surface area contributed by atoms with E-state index >= 15 is 0 Å². The number of H-pyrrole nitrogens is 1. The fraction of sp³-hybridized carbons (Fsp3) is 0.405. The second-order valence-corrected chi connectivity index (χ2v) is 17.6. The van der Waals surface area contributed by atoms with Crippen LogP contribution in [0.1, 0.15) is 42.0 Å². The number of nitrogens with zero attached hydrogens (tertiary/aromatic N) is 1. The summed E-state index contributed by atoms with van der Waals surface area (Å²) in [5.41, 5.74) is 6.04. The van der Waals surface area contributed by atoms with Gasteiger partial charge in [-0.1, -0.05) is 61.5 Å². The van der Waals surface area contributed by atoms with E-state index in [0.717, 1.165) is 46.1 Å². The Bertz CT molecular complexity index is 1700. The summed E-state index contributed by atoms with van der Waals surface area (Å²) in [5.74, 6) is -0.00857. The van der Waals surface area contributed by atoms with E-state index in [-0.39, 0.29) is 61.0 Å². The Morgan fingerprint density at radius 2 is 1.78 bits per heavy atom. The second-order valence-electron chi connectivity index (χ2n) is 13.6. The Balaban J connectivity index is 1.08. The first-order valence-corrected chi connectivity index (χ1v) is 19.4. The van der Waals surface area contributed by atoms with Gasteiger partial charge in [0.2, 0.25) is 11.8 Å². The number of hydrogen-bond donors (Lipinski definition) is 4. The van der Waals surface area contributed by atoms with E-state index in [1.54, 1.807) is 4.90 Å². The minimum absolute atomic E-state index is 0.0364. The summed E-state index contributed by atoms with van der Waals surface area (Å²) in [6, 6.07) is 23.7. The van der Waals surface area contributed by atoms with Crippen LogP contribution in [0.3, 0.4) is 0 Å². The Labute approximate surface area is 271 Å². The smallest absolute Gasteiger partial charge is 0.228 e. The minimum Gasteiger partial charge on any atom is -0.432 e. The number of para-hydroxylation sites is 1. The molecule has 6 rings (SSSR count). The number of carbonyl (C=O) groups excluding carboxylic acids is 2. The Morgan fingerprint density at radius 1 is 1.02 bits per heavy atom. The van der Waals surface area contributed by atoms with Gasteiger partial charge in [0.05, 0.1) is 37.7 Å². The van der Waals surface area contributed by atoms with Crippen LogP contribution in [0.5, 0.6) is 0 Å². The molecular weight excluding hydrogens is 595 g/mol. The van der Waals surface area contributed by atoms with Gasteiger partial charge in [-0.05, 0) is 78.7 Å². The van der Waals surface area contributed by atoms with Crippen LogP contribution < -0.4 is 5.32 Å². The van der Waals surface area contributed by atoms with E-state index in [1.807, 2.05) is 80.0 Å². The number of anilines is 1. The molecule has 0 bridgehead atoms. The molecule has 2 aliphatic heterocycles. The van der Waals surface area contributed by atoms with Gasteiger partial charge in [-0.2, -0.15) is 0 Å². The largest absolute Gasteiger partial charge is 0.432 e. The van der Waals surface area contributed by atoms with Crippen molar-refractivity contribution in [2.24, 2.45) is 5.92 Å². The summed E-state index contributed by atoms with van der Waals surface area (Å²) in [5, 5.41) is 14.2. The minimum atomic E-state index is -2.67. The SMILES string of the molecule is C[C@H]1[C@H]([Si](C)(C)O)[C@@H](CC(=O)N2Cc3ccccc3C[C@H]2CO)O[C@H]1CCc1cccc(NC(=O)Cc2c[nH]c3ccccc23)c1. The first kappa shape index (κ1) is 32.2. The molecule has 3 aromatic carbocycles. The van der Waals surface area contributed by atoms with Crippen LogP contribution in [0.25, 0.3) is 10.9 Å². The number of fused-ring (bicyclic) bond motifs is 2. The van der Waals surface area contributed by atoms with Gasteiger partial charge in [-0.3, -0.25) is 9.59 Å². The topological polar surface area (TPSA) is 115 Å². The monoisotopic (exact) mass is 639 g/mol. The zero-order valence-electron chi connectivity index (χ0n) is 26.9. The van der Waals surface area contributed by atoms with Crippen LogP contribution in [-0.2, 0) is 40.1 Å². The fourth-order valence-corrected chi connectivity index (χ4v) is 10.3. The molecule has 2 aliphatic rings. The van der Waals surface area contributed by atoms with Crippen molar-refractivity contribution in [1.29, 1.82) is 0 Å². The maximum atomic E-state index is 13.7. The number of carbonyl (C=O) groups is 2. The average molecular weight is 640 g/mol. The highest BCUT2D eigenvalue weighted by atomic mass is 28.4. The Morgan fingerprint density at radius 3 is 2.57 bits per heavy atom. The Hall–Kier alpha value is -3.76. The molecule has 2 amide bonds. The molecule has 0 radical (unpaired) electrons. The summed E-state index contributed by atoms with van der Waals surface area (Å²) in [6.45, 7) is 6.41. The van der Waals surface area contributed by atoms with Crippen molar-refractivity contribution in [1.82, 2.24) is 9.88 Å². The lowest BCUT2D eigenvalue weighted by Crippen LogP contribution is -2.48. The highest BCUT2D eigenvalue weighted by Crippen LogP contribution is 2.46. The number of benzene rings is 3. The first-order valence-electron chi connectivity index (χ1n) is 16.4. The lowest BCUT2D eigenvalue weighted by Gasteiger charge is -2.37. The quantitative estimate of drug-likeness (QED) is 0.169. The summed E-state index contributed by atoms with van der Waals surface area (Å²) in [6.07, 6.45) is 4.03. The maximum Gasteiger partial charge on any atom is 0.228 e. The molecule has 0 unspecified atom stereocenters. The third kappa shape index (κ3) is 6.98. The summed E-state index contributed by atoms with van der Waals surface area (Å²) < 4.78 is 6.62. The number of amides is 2. The molecule has 1 aromatic heterocycles. The van der Waals surface area contributed by atoms with E-state index < -0.39 is 8.32 Å². The second kappa shape index (κ2) is 13.5. The Kier molecular flexibility index (Phi) is 9.47. The molecule has 8 nitrogen and oxygen atoms in total. The van der Waals surface area contributed by atoms with Crippen molar-refractivity contribution >= 4 is 36.7 Å². The number of aliphatic hydroxyl groups is 1. The lowest BCUT2D eigenvalue weighted by molar-refractivity contribution is -0.138. The molecular formula is C37H45N3O5Si. The van der Waals surface area contributed by atoms with Crippen molar-refractivity contribution in [3.63, 3.8) is 0 Å². The molecule has 5 atom stereocenters. The van der Waals surface area contributed by atoms with Crippen LogP contribution in [0, 0.1) is 5.92 Å². The number of ether oxygens (including phenoxy) is 1. The predicted octanol–water partition coefficient (Wildman–Crippen LogP) is 5.59. The summed E-state index contributed by atoms with van der Waals surface area (Å²) in [7, 11) is -2.67. The van der Waals surface area contributed by atoms with E-state index in [4.69, 9.17) is 4.74 Å². The van der Waals surface area contributed by atoms with Gasteiger partial charge in [0.1, 0.15) is 0 Å². The van der Waals surface area contributed by atoms with Gasteiger partial charge >= 0.3 is 0 Å². The number of aryl methyl sites for hydroxylation is 1. The first-order chi connectivity index (χ1) is 22.1. The third-order valence-electron chi connectivity index (χ3n) is 9.94. The standard InChI is InChI=1S/C37H45N3O5Si/c1-24-33(16-15-25-9-8-12-29(17-25)39-35(42)19-28-21-38-32-14-7-6-13-31(28)32)45-34(37(24)46(2,3)44)20-36(43)40-22-27-11-5-4-10-26(27)18-30(40)23-41/h4-14,17,21,24,30,33-34,37-38,41,44H,15-16,18-20,22-23H2,1-3H3,(H,39,42)/t24-,30+,33+,34-,37+/m1/s1. The van der Waals surface area contributed by atoms with Crippen molar-refractivity contribution < 1.29 is 24.2 Å². The molecule has 3 heterocycles. The van der Waals surface area contributed by atoms with E-state index in [9.17, 15) is 19.5 Å². The van der Waals surface area contributed by atoms with Crippen LogP contribution in [0.15, 0.2) is 79.0 Å². The molecule has 242 valence electrons. The molecule has 1 saturated heterocycles. The van der Waals surface area contributed by atoms with Gasteiger partial charge in [0.15, 0.2) is 8.32 Å². The summed E-state index contributed by atoms with van der Waals surface area (Å²) in [4.78, 5) is 43.0. The van der Waals surface area contributed by atoms with Crippen LogP contribution in [0.2, 0.25) is 18.6 Å². The fourth-order valence-electron chi connectivity index (χ4n) is 7.71. The van der Waals surface area contributed by atoms with E-state index in [2.05, 4.69) is 29.4 Å². The summed E-state index contributed by atoms with van der Waals surface area (Å²) >= 11 is 0. The molecule has 0 spiro atoms. The van der Waals surface area contributed by atoms with Gasteiger partial charge < -0.3 is 29.8 Å². The number of nitrogens with one attached hydrogen (secondary N) is 2. The van der Waals surface area contributed by atoms with Crippen LogP contribution in [-0.4, -0.2) is 64.8 Å². The highest BCUT2D eigenvalue weighted by molar-refractivity contribution is 6.71. The number of rotatable bonds is 10. The third-order valence-corrected chi connectivity index (χ3v) is 12.5. The average Bonchev–Trinajstić information content (AvgIpc) is 3.58. The highest BCUT2D eigenvalue weighted by Gasteiger charge is 2.50. The molecule has 0 saturated carbocycles. The van der Waals surface area contributed by atoms with Crippen molar-refractivity contribution in [3.05, 3.63) is 101 Å². The molecule has 9 heteroatoms. The van der Waals surface area contributed by atoms with Crippen molar-refractivity contribution in [3.8, 4) is 0 Å². The van der Waals surface area contributed by atoms with Gasteiger partial charge in [0, 0.05) is 34.9 Å². The number of aromatic amines is 1. The van der Waals surface area contributed by atoms with Crippen LogP contribution >= 0.6 is 0 Å². The van der Waals surface area contributed by atoms with Gasteiger partial charge in [-0.25, -0.2) is 0 Å². The zero-order chi connectivity index (χ0) is 32.4. The number of aliphatic hydroxyl groups excluding tert-OH is 1. The molecule has 4 N–H and O–H groups in total. The maximum absolute atomic E-state index is 13.7. The number of hydrogen-bond acceptors (Lipinski definition) is 5. The zero-order valence-corrected chi connectivity index (χ0v) is 27.9. The molecule has 1 fully saturated rings. The van der Waals surface area contributed by atoms with Crippen molar-refractivity contribution in [2.75, 3.05) is 11.9 Å². The van der Waals surface area contributed by atoms with Gasteiger partial charge in [-0.15, -0.1) is 0 Å². The predicted molar refractivity (Wildman–Crippen MR) is 183 cm³/mol. The molecule has 4 aromatic rings. The molecule has 0 aliphatic carbocycles.